The first-order valence-electron chi connectivity index (χ1n) is 9.62. The molecule has 142 valence electrons. The molecule has 3 aromatic rings. The van der Waals surface area contributed by atoms with Gasteiger partial charge in [0.15, 0.2) is 0 Å². The first-order chi connectivity index (χ1) is 13.0. The van der Waals surface area contributed by atoms with Gasteiger partial charge in [0.1, 0.15) is 11.4 Å². The van der Waals surface area contributed by atoms with Crippen LogP contribution < -0.4 is 10.1 Å². The Labute approximate surface area is 161 Å². The van der Waals surface area contributed by atoms with Crippen LogP contribution in [0.25, 0.3) is 10.9 Å². The van der Waals surface area contributed by atoms with Gasteiger partial charge in [-0.2, -0.15) is 0 Å². The van der Waals surface area contributed by atoms with Crippen LogP contribution in [-0.2, 0) is 0 Å². The lowest BCUT2D eigenvalue weighted by molar-refractivity contribution is 0.0939. The summed E-state index contributed by atoms with van der Waals surface area (Å²) in [5, 5.41) is 4.03. The zero-order chi connectivity index (χ0) is 19.4. The second-order valence-electron chi connectivity index (χ2n) is 7.21. The minimum Gasteiger partial charge on any atom is -0.493 e. The third-order valence-corrected chi connectivity index (χ3v) is 4.72. The Kier molecular flexibility index (Phi) is 5.84. The number of nitrogens with one attached hydrogen (secondary N) is 1. The number of carbonyl (C=O) groups excluding carboxylic acids is 1. The molecule has 0 aliphatic carbocycles. The number of hydrogen-bond donors (Lipinski definition) is 1. The highest BCUT2D eigenvalue weighted by Gasteiger charge is 2.22. The van der Waals surface area contributed by atoms with Crippen molar-refractivity contribution in [3.8, 4) is 5.75 Å². The summed E-state index contributed by atoms with van der Waals surface area (Å²) in [5.74, 6) is 1.16. The van der Waals surface area contributed by atoms with Crippen LogP contribution in [-0.4, -0.2) is 23.6 Å². The summed E-state index contributed by atoms with van der Waals surface area (Å²) in [6, 6.07) is 18.2. The van der Waals surface area contributed by atoms with Gasteiger partial charge in [-0.05, 0) is 43.5 Å². The smallest absolute Gasteiger partial charge is 0.267 e. The Morgan fingerprint density at radius 1 is 1.07 bits per heavy atom. The van der Waals surface area contributed by atoms with Crippen molar-refractivity contribution < 1.29 is 9.53 Å². The molecule has 27 heavy (non-hydrogen) atoms. The molecule has 2 aromatic carbocycles. The number of ether oxygens (including phenoxy) is 1. The van der Waals surface area contributed by atoms with Gasteiger partial charge >= 0.3 is 0 Å². The van der Waals surface area contributed by atoms with Crippen LogP contribution in [0.5, 0.6) is 5.75 Å². The fraction of sp³-hybridized carbons (Fsp3) is 0.348. The zero-order valence-electron chi connectivity index (χ0n) is 16.5. The van der Waals surface area contributed by atoms with Gasteiger partial charge in [0, 0.05) is 11.9 Å². The van der Waals surface area contributed by atoms with Gasteiger partial charge in [-0.3, -0.25) is 4.79 Å². The highest BCUT2D eigenvalue weighted by atomic mass is 16.5. The molecular formula is C23H28N2O2. The van der Waals surface area contributed by atoms with Crippen LogP contribution in [0.2, 0.25) is 0 Å². The fourth-order valence-electron chi connectivity index (χ4n) is 3.37. The highest BCUT2D eigenvalue weighted by molar-refractivity contribution is 6.00. The number of benzene rings is 2. The van der Waals surface area contributed by atoms with E-state index in [0.717, 1.165) is 22.2 Å². The van der Waals surface area contributed by atoms with Gasteiger partial charge < -0.3 is 14.6 Å². The summed E-state index contributed by atoms with van der Waals surface area (Å²) in [4.78, 5) is 13.0. The minimum atomic E-state index is -0.0508. The summed E-state index contributed by atoms with van der Waals surface area (Å²) in [6.07, 6.45) is 0. The first-order valence-corrected chi connectivity index (χ1v) is 9.62. The van der Waals surface area contributed by atoms with Crippen molar-refractivity contribution in [2.75, 3.05) is 13.2 Å². The van der Waals surface area contributed by atoms with Gasteiger partial charge in [-0.25, -0.2) is 0 Å². The van der Waals surface area contributed by atoms with E-state index in [4.69, 9.17) is 4.74 Å². The van der Waals surface area contributed by atoms with Gasteiger partial charge in [0.25, 0.3) is 5.91 Å². The number of nitrogens with zero attached hydrogens (tertiary/aromatic N) is 1. The van der Waals surface area contributed by atoms with Crippen molar-refractivity contribution in [1.82, 2.24) is 9.88 Å². The van der Waals surface area contributed by atoms with Gasteiger partial charge in [-0.1, -0.05) is 50.2 Å². The zero-order valence-corrected chi connectivity index (χ0v) is 16.5. The van der Waals surface area contributed by atoms with E-state index in [2.05, 4.69) is 48.9 Å². The normalized spacial score (nSPS) is 12.3. The van der Waals surface area contributed by atoms with Crippen molar-refractivity contribution in [3.05, 3.63) is 65.9 Å². The van der Waals surface area contributed by atoms with E-state index < -0.39 is 0 Å². The topological polar surface area (TPSA) is 43.3 Å². The Hall–Kier alpha value is -2.75. The largest absolute Gasteiger partial charge is 0.493 e. The quantitative estimate of drug-likeness (QED) is 0.638. The molecule has 4 heteroatoms. The molecule has 0 fully saturated rings. The molecule has 1 N–H and O–H groups in total. The molecule has 0 bridgehead atoms. The van der Waals surface area contributed by atoms with Crippen LogP contribution in [0.4, 0.5) is 0 Å². The van der Waals surface area contributed by atoms with E-state index in [1.807, 2.05) is 43.3 Å². The lowest BCUT2D eigenvalue weighted by Gasteiger charge is -2.19. The summed E-state index contributed by atoms with van der Waals surface area (Å²) in [7, 11) is 0. The van der Waals surface area contributed by atoms with Crippen molar-refractivity contribution in [2.24, 2.45) is 5.92 Å². The molecule has 1 atom stereocenters. The van der Waals surface area contributed by atoms with E-state index in [9.17, 15) is 4.79 Å². The number of rotatable bonds is 7. The SMILES string of the molecule is CCOc1cccc2c1cc(C(=O)NCC(C)C)n2[C@@H](C)c1ccccc1. The summed E-state index contributed by atoms with van der Waals surface area (Å²) < 4.78 is 7.92. The van der Waals surface area contributed by atoms with Crippen molar-refractivity contribution in [3.63, 3.8) is 0 Å². The maximum absolute atomic E-state index is 13.0. The standard InChI is InChI=1S/C23H28N2O2/c1-5-27-22-13-9-12-20-19(22)14-21(23(26)24-15-16(2)3)25(20)17(4)18-10-7-6-8-11-18/h6-14,16-17H,5,15H2,1-4H3,(H,24,26)/t17-/m0/s1. The van der Waals surface area contributed by atoms with Gasteiger partial charge in [0.2, 0.25) is 0 Å². The molecule has 4 nitrogen and oxygen atoms in total. The Balaban J connectivity index is 2.14. The predicted molar refractivity (Wildman–Crippen MR) is 111 cm³/mol. The number of fused-ring (bicyclic) bond motifs is 1. The van der Waals surface area contributed by atoms with Crippen LogP contribution >= 0.6 is 0 Å². The molecule has 0 spiro atoms. The van der Waals surface area contributed by atoms with E-state index in [0.29, 0.717) is 24.8 Å². The molecule has 0 radical (unpaired) electrons. The van der Waals surface area contributed by atoms with Crippen LogP contribution in [0.1, 0.15) is 49.8 Å². The Morgan fingerprint density at radius 2 is 1.81 bits per heavy atom. The van der Waals surface area contributed by atoms with E-state index >= 15 is 0 Å². The molecule has 3 rings (SSSR count). The molecule has 0 aliphatic rings. The third kappa shape index (κ3) is 4.00. The van der Waals surface area contributed by atoms with Crippen LogP contribution in [0.15, 0.2) is 54.6 Å². The Morgan fingerprint density at radius 3 is 2.48 bits per heavy atom. The average Bonchev–Trinajstić information content (AvgIpc) is 3.07. The maximum atomic E-state index is 13.0. The molecule has 0 aliphatic heterocycles. The monoisotopic (exact) mass is 364 g/mol. The predicted octanol–water partition coefficient (Wildman–Crippen LogP) is 5.04. The van der Waals surface area contributed by atoms with Crippen LogP contribution in [0, 0.1) is 5.92 Å². The minimum absolute atomic E-state index is 0.0281. The molecule has 1 aromatic heterocycles. The number of aromatic nitrogens is 1. The first kappa shape index (κ1) is 19.0. The number of carbonyl (C=O) groups is 1. The fourth-order valence-corrected chi connectivity index (χ4v) is 3.37. The lowest BCUT2D eigenvalue weighted by Crippen LogP contribution is -2.29. The lowest BCUT2D eigenvalue weighted by atomic mass is 10.1. The van der Waals surface area contributed by atoms with E-state index in [1.165, 1.54) is 0 Å². The molecule has 0 saturated heterocycles. The second-order valence-corrected chi connectivity index (χ2v) is 7.21. The highest BCUT2D eigenvalue weighted by Crippen LogP contribution is 2.33. The molecular weight excluding hydrogens is 336 g/mol. The van der Waals surface area contributed by atoms with Crippen LogP contribution in [0.3, 0.4) is 0 Å². The van der Waals surface area contributed by atoms with Gasteiger partial charge in [-0.15, -0.1) is 0 Å². The van der Waals surface area contributed by atoms with Crippen molar-refractivity contribution in [1.29, 1.82) is 0 Å². The molecule has 1 amide bonds. The van der Waals surface area contributed by atoms with Gasteiger partial charge in [0.05, 0.1) is 18.2 Å². The average molecular weight is 364 g/mol. The van der Waals surface area contributed by atoms with Crippen molar-refractivity contribution in [2.45, 2.75) is 33.7 Å². The van der Waals surface area contributed by atoms with Crippen molar-refractivity contribution >= 4 is 16.8 Å². The van der Waals surface area contributed by atoms with E-state index in [-0.39, 0.29) is 11.9 Å². The summed E-state index contributed by atoms with van der Waals surface area (Å²) >= 11 is 0. The Bertz CT molecular complexity index is 913. The third-order valence-electron chi connectivity index (χ3n) is 4.72. The summed E-state index contributed by atoms with van der Waals surface area (Å²) in [5.41, 5.74) is 2.83. The summed E-state index contributed by atoms with van der Waals surface area (Å²) in [6.45, 7) is 9.52. The second kappa shape index (κ2) is 8.30. The maximum Gasteiger partial charge on any atom is 0.267 e. The number of amides is 1. The molecule has 0 saturated carbocycles. The molecule has 0 unspecified atom stereocenters. The number of hydrogen-bond acceptors (Lipinski definition) is 2. The molecule has 1 heterocycles. The van der Waals surface area contributed by atoms with E-state index in [1.54, 1.807) is 0 Å².